The van der Waals surface area contributed by atoms with Crippen molar-refractivity contribution in [2.45, 2.75) is 32.5 Å². The van der Waals surface area contributed by atoms with Gasteiger partial charge in [-0.2, -0.15) is 0 Å². The third kappa shape index (κ3) is 5.84. The predicted octanol–water partition coefficient (Wildman–Crippen LogP) is 4.90. The lowest BCUT2D eigenvalue weighted by atomic mass is 10.0. The Hall–Kier alpha value is -3.78. The summed E-state index contributed by atoms with van der Waals surface area (Å²) in [4.78, 5) is 28.2. The minimum Gasteiger partial charge on any atom is -0.477 e. The fraction of sp³-hybridized carbons (Fsp3) is 0.296. The van der Waals surface area contributed by atoms with Gasteiger partial charge in [0, 0.05) is 37.8 Å². The summed E-state index contributed by atoms with van der Waals surface area (Å²) in [7, 11) is 0. The largest absolute Gasteiger partial charge is 0.477 e. The highest BCUT2D eigenvalue weighted by Crippen LogP contribution is 2.32. The number of ether oxygens (including phenoxy) is 1. The van der Waals surface area contributed by atoms with Crippen molar-refractivity contribution in [3.8, 4) is 16.9 Å². The summed E-state index contributed by atoms with van der Waals surface area (Å²) in [6, 6.07) is 20.6. The molecule has 0 bridgehead atoms. The van der Waals surface area contributed by atoms with Crippen molar-refractivity contribution in [1.29, 1.82) is 0 Å². The number of carbonyl (C=O) groups excluding carboxylic acids is 1. The summed E-state index contributed by atoms with van der Waals surface area (Å²) in [5.74, 6) is -0.411. The lowest BCUT2D eigenvalue weighted by Crippen LogP contribution is -2.58. The first-order chi connectivity index (χ1) is 16.8. The highest BCUT2D eigenvalue weighted by Gasteiger charge is 2.32. The van der Waals surface area contributed by atoms with Gasteiger partial charge in [0.15, 0.2) is 12.4 Å². The number of hydrogen-bond donors (Lipinski definition) is 0. The van der Waals surface area contributed by atoms with Crippen LogP contribution in [0.3, 0.4) is 0 Å². The zero-order valence-corrected chi connectivity index (χ0v) is 19.8. The zero-order chi connectivity index (χ0) is 24.9. The molecule has 35 heavy (non-hydrogen) atoms. The van der Waals surface area contributed by atoms with Gasteiger partial charge in [0.2, 0.25) is 0 Å². The summed E-state index contributed by atoms with van der Waals surface area (Å²) < 4.78 is 18.8. The average molecular weight is 478 g/mol. The Kier molecular flexibility index (Phi) is 7.41. The lowest BCUT2D eigenvalue weighted by Gasteiger charge is -2.44. The zero-order valence-electron chi connectivity index (χ0n) is 19.8. The number of nitrogens with zero attached hydrogens (tertiary/aromatic N) is 3. The molecule has 4 rings (SSSR count). The number of rotatable bonds is 7. The number of nitro groups is 1. The number of amides is 1. The van der Waals surface area contributed by atoms with Crippen LogP contribution in [0.25, 0.3) is 11.1 Å². The molecule has 0 saturated carbocycles. The molecule has 1 fully saturated rings. The van der Waals surface area contributed by atoms with Crippen LogP contribution in [0.15, 0.2) is 72.8 Å². The van der Waals surface area contributed by atoms with Crippen LogP contribution in [0, 0.1) is 15.9 Å². The van der Waals surface area contributed by atoms with E-state index in [2.05, 4.69) is 4.90 Å². The van der Waals surface area contributed by atoms with E-state index in [0.29, 0.717) is 25.2 Å². The van der Waals surface area contributed by atoms with Gasteiger partial charge in [-0.1, -0.05) is 48.5 Å². The maximum Gasteiger partial charge on any atom is 0.311 e. The molecule has 8 heteroatoms. The Morgan fingerprint density at radius 2 is 1.71 bits per heavy atom. The molecule has 1 heterocycles. The molecule has 1 amide bonds. The maximum atomic E-state index is 13.2. The molecule has 1 aliphatic rings. The molecule has 0 aliphatic carbocycles. The number of carbonyl (C=O) groups is 1. The molecule has 182 valence electrons. The minimum absolute atomic E-state index is 0.0572. The van der Waals surface area contributed by atoms with E-state index in [1.54, 1.807) is 29.2 Å². The molecule has 7 nitrogen and oxygen atoms in total. The average Bonchev–Trinajstić information content (AvgIpc) is 2.86. The van der Waals surface area contributed by atoms with Crippen molar-refractivity contribution < 1.29 is 18.8 Å². The molecule has 3 aromatic rings. The Bertz CT molecular complexity index is 1190. The van der Waals surface area contributed by atoms with Gasteiger partial charge in [-0.05, 0) is 48.7 Å². The van der Waals surface area contributed by atoms with Crippen LogP contribution in [0.1, 0.15) is 19.4 Å². The van der Waals surface area contributed by atoms with Crippen molar-refractivity contribution in [3.05, 3.63) is 94.3 Å². The van der Waals surface area contributed by atoms with Crippen LogP contribution < -0.4 is 4.74 Å². The quantitative estimate of drug-likeness (QED) is 0.357. The number of benzene rings is 3. The van der Waals surface area contributed by atoms with Gasteiger partial charge >= 0.3 is 5.69 Å². The fourth-order valence-corrected chi connectivity index (χ4v) is 4.40. The molecular weight excluding hydrogens is 449 g/mol. The molecule has 0 N–H and O–H groups in total. The summed E-state index contributed by atoms with van der Waals surface area (Å²) in [5, 5.41) is 11.7. The van der Waals surface area contributed by atoms with E-state index in [0.717, 1.165) is 11.1 Å². The molecule has 0 aromatic heterocycles. The van der Waals surface area contributed by atoms with Crippen LogP contribution in [0.4, 0.5) is 10.1 Å². The van der Waals surface area contributed by atoms with Gasteiger partial charge in [0.1, 0.15) is 5.82 Å². The van der Waals surface area contributed by atoms with Gasteiger partial charge in [-0.15, -0.1) is 0 Å². The molecule has 2 unspecified atom stereocenters. The predicted molar refractivity (Wildman–Crippen MR) is 131 cm³/mol. The Balaban J connectivity index is 1.39. The monoisotopic (exact) mass is 477 g/mol. The van der Waals surface area contributed by atoms with Crippen LogP contribution in [0.2, 0.25) is 0 Å². The summed E-state index contributed by atoms with van der Waals surface area (Å²) >= 11 is 0. The second-order valence-electron chi connectivity index (χ2n) is 8.89. The minimum atomic E-state index is -0.495. The summed E-state index contributed by atoms with van der Waals surface area (Å²) in [6.45, 7) is 5.59. The Labute approximate surface area is 203 Å². The fourth-order valence-electron chi connectivity index (χ4n) is 4.40. The van der Waals surface area contributed by atoms with Crippen molar-refractivity contribution in [2.75, 3.05) is 19.7 Å². The highest BCUT2D eigenvalue weighted by atomic mass is 19.1. The number of halogens is 1. The second kappa shape index (κ2) is 10.7. The van der Waals surface area contributed by atoms with E-state index >= 15 is 0 Å². The highest BCUT2D eigenvalue weighted by molar-refractivity contribution is 5.78. The third-order valence-electron chi connectivity index (χ3n) is 6.35. The summed E-state index contributed by atoms with van der Waals surface area (Å²) in [5.41, 5.74) is 2.40. The molecule has 1 aliphatic heterocycles. The van der Waals surface area contributed by atoms with Crippen molar-refractivity contribution in [2.24, 2.45) is 0 Å². The van der Waals surface area contributed by atoms with Gasteiger partial charge in [-0.25, -0.2) is 4.39 Å². The Morgan fingerprint density at radius 1 is 1.00 bits per heavy atom. The van der Waals surface area contributed by atoms with Gasteiger partial charge in [0.25, 0.3) is 5.91 Å². The van der Waals surface area contributed by atoms with E-state index in [1.807, 2.05) is 44.2 Å². The van der Waals surface area contributed by atoms with E-state index in [1.165, 1.54) is 18.2 Å². The van der Waals surface area contributed by atoms with E-state index in [-0.39, 0.29) is 41.9 Å². The van der Waals surface area contributed by atoms with Crippen molar-refractivity contribution in [1.82, 2.24) is 9.80 Å². The van der Waals surface area contributed by atoms with E-state index in [4.69, 9.17) is 4.74 Å². The molecule has 1 saturated heterocycles. The van der Waals surface area contributed by atoms with Gasteiger partial charge < -0.3 is 9.64 Å². The van der Waals surface area contributed by atoms with Crippen molar-refractivity contribution in [3.63, 3.8) is 0 Å². The molecule has 0 spiro atoms. The Morgan fingerprint density at radius 3 is 2.40 bits per heavy atom. The number of nitro benzene ring substituents is 1. The second-order valence-corrected chi connectivity index (χ2v) is 8.89. The first-order valence-electron chi connectivity index (χ1n) is 11.6. The number of piperazine rings is 1. The third-order valence-corrected chi connectivity index (χ3v) is 6.35. The maximum absolute atomic E-state index is 13.2. The van der Waals surface area contributed by atoms with Gasteiger partial charge in [-0.3, -0.25) is 19.8 Å². The molecule has 0 radical (unpaired) electrons. The SMILES string of the molecule is CC1CN(C(=O)COc2ccc(-c3ccccc3)cc2[N+](=O)[O-])C(C)CN1Cc1ccc(F)cc1. The molecule has 2 atom stereocenters. The first-order valence-corrected chi connectivity index (χ1v) is 11.6. The normalized spacial score (nSPS) is 18.3. The van der Waals surface area contributed by atoms with Crippen LogP contribution in [-0.2, 0) is 11.3 Å². The van der Waals surface area contributed by atoms with Gasteiger partial charge in [0.05, 0.1) is 4.92 Å². The van der Waals surface area contributed by atoms with E-state index in [9.17, 15) is 19.3 Å². The van der Waals surface area contributed by atoms with Crippen LogP contribution in [-0.4, -0.2) is 52.4 Å². The summed E-state index contributed by atoms with van der Waals surface area (Å²) in [6.07, 6.45) is 0. The first kappa shape index (κ1) is 24.3. The smallest absolute Gasteiger partial charge is 0.311 e. The molecular formula is C27H28FN3O4. The topological polar surface area (TPSA) is 75.9 Å². The van der Waals surface area contributed by atoms with E-state index < -0.39 is 4.92 Å². The lowest BCUT2D eigenvalue weighted by molar-refractivity contribution is -0.385. The standard InChI is InChI=1S/C27H28FN3O4/c1-19-16-30(20(2)15-29(19)17-21-8-11-24(28)12-9-21)27(32)18-35-26-13-10-23(14-25(26)31(33)34)22-6-4-3-5-7-22/h3-14,19-20H,15-18H2,1-2H3. The molecule has 3 aromatic carbocycles. The number of hydrogen-bond acceptors (Lipinski definition) is 5. The van der Waals surface area contributed by atoms with Crippen molar-refractivity contribution >= 4 is 11.6 Å². The van der Waals surface area contributed by atoms with Crippen LogP contribution >= 0.6 is 0 Å². The van der Waals surface area contributed by atoms with Crippen LogP contribution in [0.5, 0.6) is 5.75 Å².